The van der Waals surface area contributed by atoms with Crippen molar-refractivity contribution in [3.8, 4) is 17.1 Å². The van der Waals surface area contributed by atoms with E-state index in [-0.39, 0.29) is 16.3 Å². The van der Waals surface area contributed by atoms with Gasteiger partial charge in [0.25, 0.3) is 10.0 Å². The molecule has 1 heterocycles. The van der Waals surface area contributed by atoms with Crippen LogP contribution in [0, 0.1) is 0 Å². The molecule has 7 heteroatoms. The topological polar surface area (TPSA) is 92.2 Å². The Morgan fingerprint density at radius 3 is 2.33 bits per heavy atom. The number of rotatable bonds is 6. The summed E-state index contributed by atoms with van der Waals surface area (Å²) in [4.78, 5) is 8.52. The van der Waals surface area contributed by atoms with E-state index in [4.69, 9.17) is 0 Å². The van der Waals surface area contributed by atoms with Gasteiger partial charge in [-0.05, 0) is 42.2 Å². The first-order chi connectivity index (χ1) is 12.9. The van der Waals surface area contributed by atoms with Gasteiger partial charge in [0, 0.05) is 5.56 Å². The lowest BCUT2D eigenvalue weighted by Gasteiger charge is -2.11. The molecule has 0 saturated carbocycles. The lowest BCUT2D eigenvalue weighted by molar-refractivity contribution is 0.475. The summed E-state index contributed by atoms with van der Waals surface area (Å²) in [5, 5.41) is 9.53. The monoisotopic (exact) mass is 383 g/mol. The second kappa shape index (κ2) is 7.75. The quantitative estimate of drug-likeness (QED) is 0.667. The molecule has 3 aromatic rings. The van der Waals surface area contributed by atoms with Crippen molar-refractivity contribution >= 4 is 15.7 Å². The minimum Gasteiger partial charge on any atom is -0.508 e. The number of phenols is 1. The van der Waals surface area contributed by atoms with Crippen LogP contribution in [0.25, 0.3) is 11.4 Å². The molecule has 0 radical (unpaired) electrons. The van der Waals surface area contributed by atoms with Crippen molar-refractivity contribution in [3.05, 3.63) is 66.5 Å². The van der Waals surface area contributed by atoms with E-state index in [1.54, 1.807) is 30.3 Å². The molecular formula is C20H21N3O3S. The largest absolute Gasteiger partial charge is 0.508 e. The van der Waals surface area contributed by atoms with Crippen LogP contribution in [0.3, 0.4) is 0 Å². The number of sulfonamides is 1. The minimum absolute atomic E-state index is 0.113. The van der Waals surface area contributed by atoms with Gasteiger partial charge in [-0.3, -0.25) is 4.72 Å². The van der Waals surface area contributed by atoms with Gasteiger partial charge < -0.3 is 5.11 Å². The highest BCUT2D eigenvalue weighted by molar-refractivity contribution is 7.92. The maximum Gasteiger partial charge on any atom is 0.261 e. The molecule has 0 unspecified atom stereocenters. The normalized spacial score (nSPS) is 12.5. The first-order valence-corrected chi connectivity index (χ1v) is 10.1. The molecule has 140 valence electrons. The van der Waals surface area contributed by atoms with Gasteiger partial charge in [0.05, 0.1) is 23.0 Å². The fraction of sp³-hybridized carbons (Fsp3) is 0.200. The van der Waals surface area contributed by atoms with Crippen molar-refractivity contribution in [3.63, 3.8) is 0 Å². The molecule has 0 aliphatic rings. The van der Waals surface area contributed by atoms with Crippen LogP contribution in [-0.4, -0.2) is 23.5 Å². The van der Waals surface area contributed by atoms with Crippen LogP contribution < -0.4 is 4.72 Å². The fourth-order valence-corrected chi connectivity index (χ4v) is 3.63. The van der Waals surface area contributed by atoms with Crippen LogP contribution in [0.2, 0.25) is 0 Å². The van der Waals surface area contributed by atoms with E-state index in [2.05, 4.69) is 28.5 Å². The van der Waals surface area contributed by atoms with Gasteiger partial charge >= 0.3 is 0 Å². The molecule has 1 atom stereocenters. The van der Waals surface area contributed by atoms with Gasteiger partial charge in [-0.25, -0.2) is 18.4 Å². The van der Waals surface area contributed by atoms with Gasteiger partial charge in [-0.15, -0.1) is 0 Å². The van der Waals surface area contributed by atoms with E-state index < -0.39 is 10.0 Å². The zero-order chi connectivity index (χ0) is 19.4. The maximum absolute atomic E-state index is 12.6. The smallest absolute Gasteiger partial charge is 0.261 e. The van der Waals surface area contributed by atoms with Crippen LogP contribution in [-0.2, 0) is 10.0 Å². The van der Waals surface area contributed by atoms with Crippen molar-refractivity contribution in [2.75, 3.05) is 4.72 Å². The predicted octanol–water partition coefficient (Wildman–Crippen LogP) is 4.16. The van der Waals surface area contributed by atoms with Crippen molar-refractivity contribution in [2.45, 2.75) is 31.1 Å². The Morgan fingerprint density at radius 1 is 1.07 bits per heavy atom. The average molecular weight is 383 g/mol. The summed E-state index contributed by atoms with van der Waals surface area (Å²) in [6, 6.07) is 13.4. The van der Waals surface area contributed by atoms with E-state index in [9.17, 15) is 13.5 Å². The second-order valence-electron chi connectivity index (χ2n) is 6.33. The van der Waals surface area contributed by atoms with E-state index in [0.29, 0.717) is 17.3 Å². The third-order valence-corrected chi connectivity index (χ3v) is 5.78. The van der Waals surface area contributed by atoms with Crippen LogP contribution in [0.4, 0.5) is 5.69 Å². The Kier molecular flexibility index (Phi) is 5.41. The SMILES string of the molecule is CC[C@H](C)c1ccc(S(=O)(=O)Nc2cnc(-c3cccc(O)c3)nc2)cc1. The number of anilines is 1. The van der Waals surface area contributed by atoms with Gasteiger partial charge in [-0.1, -0.05) is 38.1 Å². The second-order valence-corrected chi connectivity index (χ2v) is 8.01. The number of aromatic nitrogens is 2. The molecule has 2 N–H and O–H groups in total. The number of aromatic hydroxyl groups is 1. The molecular weight excluding hydrogens is 362 g/mol. The van der Waals surface area contributed by atoms with E-state index in [0.717, 1.165) is 12.0 Å². The first kappa shape index (κ1) is 18.8. The summed E-state index contributed by atoms with van der Waals surface area (Å²) >= 11 is 0. The fourth-order valence-electron chi connectivity index (χ4n) is 2.60. The van der Waals surface area contributed by atoms with Gasteiger partial charge in [0.2, 0.25) is 0 Å². The molecule has 0 fully saturated rings. The molecule has 0 aliphatic heterocycles. The average Bonchev–Trinajstić information content (AvgIpc) is 2.68. The van der Waals surface area contributed by atoms with Gasteiger partial charge in [0.15, 0.2) is 5.82 Å². The van der Waals surface area contributed by atoms with E-state index in [1.807, 2.05) is 12.1 Å². The Morgan fingerprint density at radius 2 is 1.74 bits per heavy atom. The number of benzene rings is 2. The summed E-state index contributed by atoms with van der Waals surface area (Å²) in [6.45, 7) is 4.20. The Hall–Kier alpha value is -2.93. The highest BCUT2D eigenvalue weighted by Crippen LogP contribution is 2.23. The van der Waals surface area contributed by atoms with Crippen LogP contribution >= 0.6 is 0 Å². The molecule has 2 aromatic carbocycles. The van der Waals surface area contributed by atoms with Crippen molar-refractivity contribution < 1.29 is 13.5 Å². The zero-order valence-electron chi connectivity index (χ0n) is 15.1. The third-order valence-electron chi connectivity index (χ3n) is 4.38. The standard InChI is InChI=1S/C20H21N3O3S/c1-3-14(2)15-7-9-19(10-8-15)27(25,26)23-17-12-21-20(22-13-17)16-5-4-6-18(24)11-16/h4-14,23-24H,3H2,1-2H3/t14-/m0/s1. The van der Waals surface area contributed by atoms with Gasteiger partial charge in [0.1, 0.15) is 5.75 Å². The first-order valence-electron chi connectivity index (χ1n) is 8.63. The van der Waals surface area contributed by atoms with Crippen molar-refractivity contribution in [2.24, 2.45) is 0 Å². The summed E-state index contributed by atoms with van der Waals surface area (Å²) in [5.41, 5.74) is 2.02. The third kappa shape index (κ3) is 4.43. The maximum atomic E-state index is 12.6. The number of hydrogen-bond donors (Lipinski definition) is 2. The van der Waals surface area contributed by atoms with Gasteiger partial charge in [-0.2, -0.15) is 0 Å². The van der Waals surface area contributed by atoms with Crippen LogP contribution in [0.1, 0.15) is 31.7 Å². The Bertz CT molecular complexity index is 1020. The van der Waals surface area contributed by atoms with E-state index in [1.165, 1.54) is 18.5 Å². The van der Waals surface area contributed by atoms with Crippen molar-refractivity contribution in [1.29, 1.82) is 0 Å². The summed E-state index contributed by atoms with van der Waals surface area (Å²) < 4.78 is 27.6. The molecule has 0 amide bonds. The van der Waals surface area contributed by atoms with E-state index >= 15 is 0 Å². The molecule has 0 aliphatic carbocycles. The molecule has 27 heavy (non-hydrogen) atoms. The molecule has 1 aromatic heterocycles. The molecule has 0 saturated heterocycles. The summed E-state index contributed by atoms with van der Waals surface area (Å²) in [6.07, 6.45) is 3.79. The van der Waals surface area contributed by atoms with Crippen LogP contribution in [0.15, 0.2) is 65.8 Å². The zero-order valence-corrected chi connectivity index (χ0v) is 15.9. The van der Waals surface area contributed by atoms with Crippen molar-refractivity contribution in [1.82, 2.24) is 9.97 Å². The minimum atomic E-state index is -3.72. The molecule has 0 bridgehead atoms. The number of nitrogens with zero attached hydrogens (tertiary/aromatic N) is 2. The highest BCUT2D eigenvalue weighted by Gasteiger charge is 2.15. The Balaban J connectivity index is 1.77. The molecule has 6 nitrogen and oxygen atoms in total. The molecule has 3 rings (SSSR count). The summed E-state index contributed by atoms with van der Waals surface area (Å²) in [7, 11) is -3.72. The lowest BCUT2D eigenvalue weighted by Crippen LogP contribution is -2.13. The summed E-state index contributed by atoms with van der Waals surface area (Å²) in [5.74, 6) is 0.890. The number of phenolic OH excluding ortho intramolecular Hbond substituents is 1. The Labute approximate surface area is 159 Å². The predicted molar refractivity (Wildman–Crippen MR) is 105 cm³/mol. The van der Waals surface area contributed by atoms with Crippen LogP contribution in [0.5, 0.6) is 5.75 Å². The molecule has 0 spiro atoms. The number of nitrogens with one attached hydrogen (secondary N) is 1. The number of hydrogen-bond acceptors (Lipinski definition) is 5. The lowest BCUT2D eigenvalue weighted by atomic mass is 9.99. The highest BCUT2D eigenvalue weighted by atomic mass is 32.2.